The van der Waals surface area contributed by atoms with E-state index in [0.717, 1.165) is 12.0 Å². The summed E-state index contributed by atoms with van der Waals surface area (Å²) in [4.78, 5) is 24.8. The van der Waals surface area contributed by atoms with Crippen molar-refractivity contribution in [3.05, 3.63) is 29.8 Å². The van der Waals surface area contributed by atoms with Crippen molar-refractivity contribution >= 4 is 11.9 Å². The highest BCUT2D eigenvalue weighted by Crippen LogP contribution is 2.15. The molecule has 1 aliphatic heterocycles. The maximum absolute atomic E-state index is 12.0. The van der Waals surface area contributed by atoms with Gasteiger partial charge in [-0.05, 0) is 24.1 Å². The number of nitrogens with one attached hydrogen (secondary N) is 1. The van der Waals surface area contributed by atoms with Crippen molar-refractivity contribution in [3.8, 4) is 5.75 Å². The van der Waals surface area contributed by atoms with Crippen LogP contribution in [0, 0.1) is 0 Å². The van der Waals surface area contributed by atoms with Gasteiger partial charge in [-0.25, -0.2) is 4.79 Å². The third kappa shape index (κ3) is 2.45. The highest BCUT2D eigenvalue weighted by molar-refractivity contribution is 6.04. The van der Waals surface area contributed by atoms with Gasteiger partial charge in [0.2, 0.25) is 0 Å². The van der Waals surface area contributed by atoms with Gasteiger partial charge in [-0.3, -0.25) is 9.69 Å². The van der Waals surface area contributed by atoms with Crippen molar-refractivity contribution in [1.29, 1.82) is 0 Å². The largest absolute Gasteiger partial charge is 0.508 e. The Labute approximate surface area is 105 Å². The lowest BCUT2D eigenvalue weighted by molar-refractivity contribution is -0.127. The average molecular weight is 248 g/mol. The normalized spacial score (nSPS) is 19.2. The van der Waals surface area contributed by atoms with Gasteiger partial charge < -0.3 is 10.4 Å². The summed E-state index contributed by atoms with van der Waals surface area (Å²) in [5.41, 5.74) is 0.907. The number of carbonyl (C=O) groups excluding carboxylic acids is 2. The van der Waals surface area contributed by atoms with Crippen LogP contribution in [0.4, 0.5) is 4.79 Å². The molecule has 1 aromatic carbocycles. The summed E-state index contributed by atoms with van der Waals surface area (Å²) in [6.45, 7) is 2.38. The van der Waals surface area contributed by atoms with Crippen LogP contribution in [0.3, 0.4) is 0 Å². The van der Waals surface area contributed by atoms with E-state index in [1.54, 1.807) is 24.3 Å². The van der Waals surface area contributed by atoms with Crippen LogP contribution in [0.15, 0.2) is 24.3 Å². The lowest BCUT2D eigenvalue weighted by Gasteiger charge is -2.11. The van der Waals surface area contributed by atoms with E-state index in [-0.39, 0.29) is 17.7 Å². The molecule has 1 aromatic rings. The topological polar surface area (TPSA) is 69.6 Å². The molecule has 0 spiro atoms. The number of phenolic OH excluding ortho intramolecular Hbond substituents is 1. The van der Waals surface area contributed by atoms with E-state index >= 15 is 0 Å². The second-order valence-corrected chi connectivity index (χ2v) is 4.36. The minimum atomic E-state index is -0.492. The van der Waals surface area contributed by atoms with Crippen molar-refractivity contribution in [2.45, 2.75) is 25.8 Å². The lowest BCUT2D eigenvalue weighted by atomic mass is 10.1. The zero-order valence-electron chi connectivity index (χ0n) is 10.2. The number of amides is 3. The smallest absolute Gasteiger partial charge is 0.324 e. The highest BCUT2D eigenvalue weighted by Gasteiger charge is 2.36. The lowest BCUT2D eigenvalue weighted by Crippen LogP contribution is -2.32. The van der Waals surface area contributed by atoms with E-state index in [1.807, 2.05) is 6.92 Å². The van der Waals surface area contributed by atoms with Gasteiger partial charge in [0.25, 0.3) is 5.91 Å². The van der Waals surface area contributed by atoms with E-state index in [1.165, 1.54) is 4.90 Å². The molecule has 1 fully saturated rings. The zero-order chi connectivity index (χ0) is 13.1. The van der Waals surface area contributed by atoms with Crippen molar-refractivity contribution in [2.24, 2.45) is 0 Å². The van der Waals surface area contributed by atoms with Crippen molar-refractivity contribution in [1.82, 2.24) is 10.2 Å². The van der Waals surface area contributed by atoms with Gasteiger partial charge in [-0.15, -0.1) is 0 Å². The summed E-state index contributed by atoms with van der Waals surface area (Å²) < 4.78 is 0. The molecule has 0 aliphatic carbocycles. The fraction of sp³-hybridized carbons (Fsp3) is 0.385. The summed E-state index contributed by atoms with van der Waals surface area (Å²) in [6.07, 6.45) is 1.20. The molecule has 0 radical (unpaired) electrons. The molecular formula is C13H16N2O3. The summed E-state index contributed by atoms with van der Waals surface area (Å²) >= 11 is 0. The molecule has 1 atom stereocenters. The van der Waals surface area contributed by atoms with E-state index < -0.39 is 6.04 Å². The number of rotatable bonds is 4. The Balaban J connectivity index is 2.05. The van der Waals surface area contributed by atoms with E-state index in [4.69, 9.17) is 0 Å². The van der Waals surface area contributed by atoms with Crippen LogP contribution in [0.1, 0.15) is 18.9 Å². The molecule has 96 valence electrons. The Morgan fingerprint density at radius 3 is 2.56 bits per heavy atom. The first-order valence-corrected chi connectivity index (χ1v) is 6.01. The van der Waals surface area contributed by atoms with Crippen molar-refractivity contribution in [2.75, 3.05) is 6.54 Å². The SMILES string of the molecule is CCCN1C(=O)NC(Cc2ccc(O)cc2)C1=O. The second kappa shape index (κ2) is 5.08. The maximum atomic E-state index is 12.0. The maximum Gasteiger partial charge on any atom is 0.324 e. The summed E-state index contributed by atoms with van der Waals surface area (Å²) in [7, 11) is 0. The van der Waals surface area contributed by atoms with Crippen LogP contribution < -0.4 is 5.32 Å². The zero-order valence-corrected chi connectivity index (χ0v) is 10.2. The van der Waals surface area contributed by atoms with Gasteiger partial charge in [0.15, 0.2) is 0 Å². The molecule has 1 saturated heterocycles. The Hall–Kier alpha value is -2.04. The first kappa shape index (κ1) is 12.4. The fourth-order valence-corrected chi connectivity index (χ4v) is 2.02. The van der Waals surface area contributed by atoms with Gasteiger partial charge in [-0.1, -0.05) is 19.1 Å². The van der Waals surface area contributed by atoms with E-state index in [0.29, 0.717) is 13.0 Å². The number of benzene rings is 1. The Kier molecular flexibility index (Phi) is 3.50. The van der Waals surface area contributed by atoms with E-state index in [2.05, 4.69) is 5.32 Å². The van der Waals surface area contributed by atoms with Crippen LogP contribution in [0.2, 0.25) is 0 Å². The minimum Gasteiger partial charge on any atom is -0.508 e. The molecule has 2 rings (SSSR count). The number of hydrogen-bond acceptors (Lipinski definition) is 3. The van der Waals surface area contributed by atoms with Gasteiger partial charge >= 0.3 is 6.03 Å². The predicted molar refractivity (Wildman–Crippen MR) is 66.1 cm³/mol. The molecule has 1 unspecified atom stereocenters. The first-order valence-electron chi connectivity index (χ1n) is 6.01. The monoisotopic (exact) mass is 248 g/mol. The molecule has 5 heteroatoms. The number of aromatic hydroxyl groups is 1. The quantitative estimate of drug-likeness (QED) is 0.788. The predicted octanol–water partition coefficient (Wildman–Crippen LogP) is 1.27. The molecule has 18 heavy (non-hydrogen) atoms. The number of hydrogen-bond donors (Lipinski definition) is 2. The van der Waals surface area contributed by atoms with Gasteiger partial charge in [0, 0.05) is 13.0 Å². The molecule has 3 amide bonds. The van der Waals surface area contributed by atoms with Crippen molar-refractivity contribution < 1.29 is 14.7 Å². The fourth-order valence-electron chi connectivity index (χ4n) is 2.02. The number of phenols is 1. The molecule has 0 bridgehead atoms. The minimum absolute atomic E-state index is 0.171. The molecule has 0 aromatic heterocycles. The van der Waals surface area contributed by atoms with Crippen molar-refractivity contribution in [3.63, 3.8) is 0 Å². The van der Waals surface area contributed by atoms with Crippen LogP contribution in [-0.2, 0) is 11.2 Å². The van der Waals surface area contributed by atoms with Crippen LogP contribution in [0.5, 0.6) is 5.75 Å². The average Bonchev–Trinajstić information content (AvgIpc) is 2.60. The van der Waals surface area contributed by atoms with Gasteiger partial charge in [0.1, 0.15) is 11.8 Å². The summed E-state index contributed by atoms with van der Waals surface area (Å²) in [5, 5.41) is 11.9. The first-order chi connectivity index (χ1) is 8.61. The summed E-state index contributed by atoms with van der Waals surface area (Å²) in [5.74, 6) is 0.0167. The standard InChI is InChI=1S/C13H16N2O3/c1-2-7-15-12(17)11(14-13(15)18)8-9-3-5-10(16)6-4-9/h3-6,11,16H,2,7-8H2,1H3,(H,14,18). The van der Waals surface area contributed by atoms with Crippen LogP contribution >= 0.6 is 0 Å². The van der Waals surface area contributed by atoms with Gasteiger partial charge in [0.05, 0.1) is 0 Å². The molecule has 5 nitrogen and oxygen atoms in total. The third-order valence-corrected chi connectivity index (χ3v) is 2.93. The van der Waals surface area contributed by atoms with Crippen LogP contribution in [-0.4, -0.2) is 34.5 Å². The Morgan fingerprint density at radius 2 is 1.94 bits per heavy atom. The molecular weight excluding hydrogens is 232 g/mol. The molecule has 0 saturated carbocycles. The number of imide groups is 1. The van der Waals surface area contributed by atoms with Gasteiger partial charge in [-0.2, -0.15) is 0 Å². The highest BCUT2D eigenvalue weighted by atomic mass is 16.3. The molecule has 1 aliphatic rings. The number of nitrogens with zero attached hydrogens (tertiary/aromatic N) is 1. The Bertz CT molecular complexity index is 456. The number of carbonyl (C=O) groups is 2. The molecule has 1 heterocycles. The van der Waals surface area contributed by atoms with E-state index in [9.17, 15) is 14.7 Å². The third-order valence-electron chi connectivity index (χ3n) is 2.93. The second-order valence-electron chi connectivity index (χ2n) is 4.36. The molecule has 2 N–H and O–H groups in total. The Morgan fingerprint density at radius 1 is 1.28 bits per heavy atom. The summed E-state index contributed by atoms with van der Waals surface area (Å²) in [6, 6.07) is 5.83. The number of urea groups is 1. The van der Waals surface area contributed by atoms with Crippen LogP contribution in [0.25, 0.3) is 0 Å².